The molecule has 0 aliphatic carbocycles. The quantitative estimate of drug-likeness (QED) is 0.338. The highest BCUT2D eigenvalue weighted by molar-refractivity contribution is 5.49. The summed E-state index contributed by atoms with van der Waals surface area (Å²) in [6.45, 7) is 3.89. The van der Waals surface area contributed by atoms with Gasteiger partial charge in [-0.15, -0.1) is 12.3 Å². The summed E-state index contributed by atoms with van der Waals surface area (Å²) in [6, 6.07) is 3.19. The minimum absolute atomic E-state index is 0.113. The zero-order chi connectivity index (χ0) is 12.1. The number of nitro groups is 1. The van der Waals surface area contributed by atoms with E-state index < -0.39 is 4.92 Å². The van der Waals surface area contributed by atoms with Crippen LogP contribution in [0.4, 0.5) is 5.69 Å². The molecule has 0 heterocycles. The number of nitro benzene ring substituents is 1. The smallest absolute Gasteiger partial charge is 0.272 e. The Morgan fingerprint density at radius 3 is 2.69 bits per heavy atom. The van der Waals surface area contributed by atoms with Crippen molar-refractivity contribution in [3.8, 4) is 18.1 Å². The van der Waals surface area contributed by atoms with Crippen molar-refractivity contribution >= 4 is 5.69 Å². The summed E-state index contributed by atoms with van der Waals surface area (Å²) in [6.07, 6.45) is 5.63. The molecule has 16 heavy (non-hydrogen) atoms. The van der Waals surface area contributed by atoms with Crippen molar-refractivity contribution in [3.63, 3.8) is 0 Å². The van der Waals surface area contributed by atoms with E-state index in [2.05, 4.69) is 5.92 Å². The standard InChI is InChI=1S/C12H13NO3/c1-4-5-6-16-12-8-9(2)11(13(14)15)7-10(12)3/h1,7-8H,5-6H2,2-3H3. The predicted octanol–water partition coefficient (Wildman–Crippen LogP) is 2.61. The maximum absolute atomic E-state index is 10.7. The van der Waals surface area contributed by atoms with Gasteiger partial charge in [0, 0.05) is 18.1 Å². The third kappa shape index (κ3) is 2.74. The average Bonchev–Trinajstić information content (AvgIpc) is 2.22. The van der Waals surface area contributed by atoms with Gasteiger partial charge < -0.3 is 4.74 Å². The third-order valence-electron chi connectivity index (χ3n) is 2.19. The van der Waals surface area contributed by atoms with Crippen molar-refractivity contribution in [2.45, 2.75) is 20.3 Å². The van der Waals surface area contributed by atoms with Gasteiger partial charge in [0.05, 0.1) is 11.5 Å². The fraction of sp³-hybridized carbons (Fsp3) is 0.333. The summed E-state index contributed by atoms with van der Waals surface area (Å²) >= 11 is 0. The Balaban J connectivity index is 2.93. The number of rotatable bonds is 4. The zero-order valence-electron chi connectivity index (χ0n) is 9.32. The van der Waals surface area contributed by atoms with Crippen LogP contribution in [0, 0.1) is 36.3 Å². The molecular formula is C12H13NO3. The van der Waals surface area contributed by atoms with Crippen LogP contribution < -0.4 is 4.74 Å². The second-order valence-corrected chi connectivity index (χ2v) is 3.46. The van der Waals surface area contributed by atoms with E-state index in [9.17, 15) is 10.1 Å². The third-order valence-corrected chi connectivity index (χ3v) is 2.19. The molecule has 0 amide bonds. The first-order valence-corrected chi connectivity index (χ1v) is 4.88. The van der Waals surface area contributed by atoms with E-state index in [-0.39, 0.29) is 5.69 Å². The van der Waals surface area contributed by atoms with Crippen LogP contribution in [0.5, 0.6) is 5.75 Å². The summed E-state index contributed by atoms with van der Waals surface area (Å²) < 4.78 is 5.43. The number of hydrogen-bond acceptors (Lipinski definition) is 3. The van der Waals surface area contributed by atoms with Gasteiger partial charge in [-0.05, 0) is 25.5 Å². The van der Waals surface area contributed by atoms with E-state index in [1.165, 1.54) is 6.07 Å². The Hall–Kier alpha value is -2.02. The first-order valence-electron chi connectivity index (χ1n) is 4.88. The minimum Gasteiger partial charge on any atom is -0.492 e. The monoisotopic (exact) mass is 219 g/mol. The lowest BCUT2D eigenvalue weighted by Gasteiger charge is -2.08. The second-order valence-electron chi connectivity index (χ2n) is 3.46. The molecule has 4 heteroatoms. The van der Waals surface area contributed by atoms with Gasteiger partial charge in [-0.3, -0.25) is 10.1 Å². The van der Waals surface area contributed by atoms with Gasteiger partial charge >= 0.3 is 0 Å². The molecule has 0 aliphatic heterocycles. The lowest BCUT2D eigenvalue weighted by Crippen LogP contribution is -2.00. The van der Waals surface area contributed by atoms with E-state index in [0.29, 0.717) is 24.3 Å². The molecule has 0 saturated carbocycles. The average molecular weight is 219 g/mol. The van der Waals surface area contributed by atoms with Crippen molar-refractivity contribution in [2.24, 2.45) is 0 Å². The highest BCUT2D eigenvalue weighted by Gasteiger charge is 2.13. The van der Waals surface area contributed by atoms with Crippen LogP contribution in [0.1, 0.15) is 17.5 Å². The Morgan fingerprint density at radius 2 is 2.12 bits per heavy atom. The molecule has 1 aromatic rings. The molecule has 0 spiro atoms. The number of hydrogen-bond donors (Lipinski definition) is 0. The molecule has 1 rings (SSSR count). The molecule has 4 nitrogen and oxygen atoms in total. The molecule has 0 bridgehead atoms. The summed E-state index contributed by atoms with van der Waals surface area (Å²) in [5.74, 6) is 3.12. The molecule has 1 aromatic carbocycles. The molecular weight excluding hydrogens is 206 g/mol. The predicted molar refractivity (Wildman–Crippen MR) is 61.5 cm³/mol. The van der Waals surface area contributed by atoms with Crippen molar-refractivity contribution in [3.05, 3.63) is 33.4 Å². The van der Waals surface area contributed by atoms with Crippen LogP contribution in [0.3, 0.4) is 0 Å². The van der Waals surface area contributed by atoms with E-state index in [4.69, 9.17) is 11.2 Å². The molecule has 84 valence electrons. The van der Waals surface area contributed by atoms with E-state index in [1.54, 1.807) is 19.9 Å². The lowest BCUT2D eigenvalue weighted by atomic mass is 10.1. The van der Waals surface area contributed by atoms with Crippen LogP contribution in [0.25, 0.3) is 0 Å². The minimum atomic E-state index is -0.395. The molecule has 0 aliphatic rings. The molecule has 0 aromatic heterocycles. The van der Waals surface area contributed by atoms with E-state index in [0.717, 1.165) is 5.56 Å². The number of benzene rings is 1. The Kier molecular flexibility index (Phi) is 3.90. The molecule has 0 fully saturated rings. The topological polar surface area (TPSA) is 52.4 Å². The highest BCUT2D eigenvalue weighted by atomic mass is 16.6. The first-order chi connectivity index (χ1) is 7.56. The SMILES string of the molecule is C#CCCOc1cc(C)c([N+](=O)[O-])cc1C. The van der Waals surface area contributed by atoms with Crippen molar-refractivity contribution in [2.75, 3.05) is 6.61 Å². The van der Waals surface area contributed by atoms with Gasteiger partial charge in [0.25, 0.3) is 5.69 Å². The number of ether oxygens (including phenoxy) is 1. The Morgan fingerprint density at radius 1 is 1.44 bits per heavy atom. The van der Waals surface area contributed by atoms with Crippen molar-refractivity contribution in [1.82, 2.24) is 0 Å². The fourth-order valence-electron chi connectivity index (χ4n) is 1.35. The first kappa shape index (κ1) is 12.1. The molecule has 0 saturated heterocycles. The van der Waals surface area contributed by atoms with Crippen LogP contribution in [0.15, 0.2) is 12.1 Å². The van der Waals surface area contributed by atoms with E-state index in [1.807, 2.05) is 0 Å². The molecule has 0 N–H and O–H groups in total. The normalized spacial score (nSPS) is 9.56. The molecule has 0 atom stereocenters. The fourth-order valence-corrected chi connectivity index (χ4v) is 1.35. The summed E-state index contributed by atoms with van der Waals surface area (Å²) in [5, 5.41) is 10.7. The van der Waals surface area contributed by atoms with Crippen LogP contribution in [-0.4, -0.2) is 11.5 Å². The van der Waals surface area contributed by atoms with Gasteiger partial charge in [0.15, 0.2) is 0 Å². The van der Waals surface area contributed by atoms with Crippen molar-refractivity contribution in [1.29, 1.82) is 0 Å². The Bertz CT molecular complexity index is 446. The van der Waals surface area contributed by atoms with Gasteiger partial charge in [0.1, 0.15) is 5.75 Å². The number of terminal acetylenes is 1. The van der Waals surface area contributed by atoms with Gasteiger partial charge in [-0.1, -0.05) is 0 Å². The van der Waals surface area contributed by atoms with Gasteiger partial charge in [0.2, 0.25) is 0 Å². The maximum atomic E-state index is 10.7. The lowest BCUT2D eigenvalue weighted by molar-refractivity contribution is -0.385. The Labute approximate surface area is 94.4 Å². The summed E-state index contributed by atoms with van der Waals surface area (Å²) in [4.78, 5) is 10.3. The molecule has 0 radical (unpaired) electrons. The largest absolute Gasteiger partial charge is 0.492 e. The van der Waals surface area contributed by atoms with Crippen LogP contribution >= 0.6 is 0 Å². The van der Waals surface area contributed by atoms with E-state index >= 15 is 0 Å². The van der Waals surface area contributed by atoms with Crippen LogP contribution in [-0.2, 0) is 0 Å². The molecule has 0 unspecified atom stereocenters. The van der Waals surface area contributed by atoms with Crippen molar-refractivity contribution < 1.29 is 9.66 Å². The summed E-state index contributed by atoms with van der Waals surface area (Å²) in [5.41, 5.74) is 1.45. The number of nitrogens with zero attached hydrogens (tertiary/aromatic N) is 1. The van der Waals surface area contributed by atoms with Gasteiger partial charge in [-0.2, -0.15) is 0 Å². The second kappa shape index (κ2) is 5.17. The highest BCUT2D eigenvalue weighted by Crippen LogP contribution is 2.27. The van der Waals surface area contributed by atoms with Crippen LogP contribution in [0.2, 0.25) is 0 Å². The maximum Gasteiger partial charge on any atom is 0.272 e. The van der Waals surface area contributed by atoms with Gasteiger partial charge in [-0.25, -0.2) is 0 Å². The summed E-state index contributed by atoms with van der Waals surface area (Å²) in [7, 11) is 0. The number of aryl methyl sites for hydroxylation is 2. The zero-order valence-corrected chi connectivity index (χ0v) is 9.32.